The summed E-state index contributed by atoms with van der Waals surface area (Å²) < 4.78 is 0. The first kappa shape index (κ1) is 20.7. The van der Waals surface area contributed by atoms with Gasteiger partial charge in [-0.2, -0.15) is 15.3 Å². The average Bonchev–Trinajstić information content (AvgIpc) is 3.47. The number of aromatic nitrogens is 5. The van der Waals surface area contributed by atoms with Crippen LogP contribution in [-0.2, 0) is 0 Å². The SMILES string of the molecule is CC12C=NNC1=CC=C(Nc1ccnc(-c3ccc4c(C(=O)Nc5ccnnc5)c[nH]c4c3)n1)C2. The molecule has 0 fully saturated rings. The molecule has 6 rings (SSSR count). The summed E-state index contributed by atoms with van der Waals surface area (Å²) >= 11 is 0. The maximum Gasteiger partial charge on any atom is 0.257 e. The van der Waals surface area contributed by atoms with E-state index in [2.05, 4.69) is 48.2 Å². The number of aromatic amines is 1. The van der Waals surface area contributed by atoms with Crippen LogP contribution in [0.2, 0.25) is 0 Å². The first-order chi connectivity index (χ1) is 17.1. The number of carbonyl (C=O) groups is 1. The molecule has 172 valence electrons. The van der Waals surface area contributed by atoms with E-state index in [4.69, 9.17) is 4.98 Å². The highest BCUT2D eigenvalue weighted by Crippen LogP contribution is 2.37. The number of benzene rings is 1. The van der Waals surface area contributed by atoms with Gasteiger partial charge in [-0.1, -0.05) is 12.1 Å². The van der Waals surface area contributed by atoms with Crippen molar-refractivity contribution in [1.29, 1.82) is 0 Å². The Hall–Kier alpha value is -4.86. The molecule has 1 atom stereocenters. The number of carbonyl (C=O) groups excluding carboxylic acids is 1. The van der Waals surface area contributed by atoms with E-state index in [1.165, 1.54) is 12.4 Å². The number of hydrogen-bond acceptors (Lipinski definition) is 8. The summed E-state index contributed by atoms with van der Waals surface area (Å²) in [6.45, 7) is 2.15. The third-order valence-electron chi connectivity index (χ3n) is 6.13. The van der Waals surface area contributed by atoms with Gasteiger partial charge in [-0.05, 0) is 37.3 Å². The highest BCUT2D eigenvalue weighted by Gasteiger charge is 2.34. The van der Waals surface area contributed by atoms with Crippen LogP contribution in [0.25, 0.3) is 22.3 Å². The van der Waals surface area contributed by atoms with E-state index in [0.29, 0.717) is 22.9 Å². The first-order valence-electron chi connectivity index (χ1n) is 11.1. The Morgan fingerprint density at radius 3 is 2.94 bits per heavy atom. The van der Waals surface area contributed by atoms with Gasteiger partial charge in [0.1, 0.15) is 5.82 Å². The van der Waals surface area contributed by atoms with Crippen LogP contribution < -0.4 is 16.1 Å². The lowest BCUT2D eigenvalue weighted by atomic mass is 9.81. The normalized spacial score (nSPS) is 18.4. The molecule has 10 heteroatoms. The number of nitrogens with zero attached hydrogens (tertiary/aromatic N) is 5. The molecule has 35 heavy (non-hydrogen) atoms. The quantitative estimate of drug-likeness (QED) is 0.353. The third kappa shape index (κ3) is 3.90. The second-order valence-corrected chi connectivity index (χ2v) is 8.67. The first-order valence-corrected chi connectivity index (χ1v) is 11.1. The lowest BCUT2D eigenvalue weighted by molar-refractivity contribution is 0.102. The van der Waals surface area contributed by atoms with E-state index < -0.39 is 0 Å². The molecule has 2 aliphatic rings. The zero-order valence-electron chi connectivity index (χ0n) is 18.8. The van der Waals surface area contributed by atoms with E-state index >= 15 is 0 Å². The lowest BCUT2D eigenvalue weighted by Crippen LogP contribution is -2.26. The fraction of sp³-hybridized carbons (Fsp3) is 0.120. The van der Waals surface area contributed by atoms with Crippen molar-refractivity contribution in [1.82, 2.24) is 30.6 Å². The predicted octanol–water partition coefficient (Wildman–Crippen LogP) is 3.85. The minimum Gasteiger partial charge on any atom is -0.360 e. The third-order valence-corrected chi connectivity index (χ3v) is 6.13. The monoisotopic (exact) mass is 463 g/mol. The molecule has 3 aromatic heterocycles. The maximum atomic E-state index is 12.7. The molecule has 0 spiro atoms. The fourth-order valence-electron chi connectivity index (χ4n) is 4.28. The van der Waals surface area contributed by atoms with Crippen molar-refractivity contribution in [2.75, 3.05) is 10.6 Å². The number of hydrogen-bond donors (Lipinski definition) is 4. The Kier molecular flexibility index (Phi) is 4.84. The minimum atomic E-state index is -0.228. The molecule has 4 heterocycles. The molecule has 1 aliphatic carbocycles. The van der Waals surface area contributed by atoms with E-state index in [0.717, 1.165) is 34.3 Å². The van der Waals surface area contributed by atoms with Gasteiger partial charge in [-0.25, -0.2) is 9.97 Å². The predicted molar refractivity (Wildman–Crippen MR) is 133 cm³/mol. The summed E-state index contributed by atoms with van der Waals surface area (Å²) in [4.78, 5) is 25.1. The molecule has 4 aromatic rings. The molecule has 4 N–H and O–H groups in total. The van der Waals surface area contributed by atoms with E-state index in [9.17, 15) is 4.79 Å². The summed E-state index contributed by atoms with van der Waals surface area (Å²) in [7, 11) is 0. The molecule has 1 aliphatic heterocycles. The van der Waals surface area contributed by atoms with Gasteiger partial charge in [-0.3, -0.25) is 10.2 Å². The molecule has 0 saturated carbocycles. The highest BCUT2D eigenvalue weighted by molar-refractivity contribution is 6.13. The molecule has 0 bridgehead atoms. The average molecular weight is 464 g/mol. The number of amides is 1. The van der Waals surface area contributed by atoms with Crippen molar-refractivity contribution in [3.8, 4) is 11.4 Å². The minimum absolute atomic E-state index is 0.135. The van der Waals surface area contributed by atoms with Crippen LogP contribution in [0.15, 0.2) is 83.8 Å². The van der Waals surface area contributed by atoms with Crippen molar-refractivity contribution < 1.29 is 4.79 Å². The van der Waals surface area contributed by atoms with Crippen LogP contribution in [0.3, 0.4) is 0 Å². The summed E-state index contributed by atoms with van der Waals surface area (Å²) in [5.74, 6) is 1.07. The van der Waals surface area contributed by atoms with Crippen LogP contribution in [0.1, 0.15) is 23.7 Å². The molecule has 1 aromatic carbocycles. The van der Waals surface area contributed by atoms with Crippen LogP contribution >= 0.6 is 0 Å². The Morgan fingerprint density at radius 2 is 2.06 bits per heavy atom. The van der Waals surface area contributed by atoms with Gasteiger partial charge in [0.05, 0.1) is 29.1 Å². The van der Waals surface area contributed by atoms with Crippen molar-refractivity contribution >= 4 is 34.5 Å². The number of hydrazone groups is 1. The lowest BCUT2D eigenvalue weighted by Gasteiger charge is -2.27. The second-order valence-electron chi connectivity index (χ2n) is 8.67. The molecular formula is C25H21N9O. The second kappa shape index (κ2) is 8.17. The summed E-state index contributed by atoms with van der Waals surface area (Å²) in [6, 6.07) is 9.28. The van der Waals surface area contributed by atoms with Gasteiger partial charge in [0, 0.05) is 52.9 Å². The number of rotatable bonds is 5. The fourth-order valence-corrected chi connectivity index (χ4v) is 4.28. The van der Waals surface area contributed by atoms with Crippen molar-refractivity contribution in [2.24, 2.45) is 10.5 Å². The Morgan fingerprint density at radius 1 is 1.11 bits per heavy atom. The zero-order valence-corrected chi connectivity index (χ0v) is 18.8. The molecule has 10 nitrogen and oxygen atoms in total. The molecule has 0 saturated heterocycles. The summed E-state index contributed by atoms with van der Waals surface area (Å²) in [5.41, 5.74) is 7.83. The van der Waals surface area contributed by atoms with Gasteiger partial charge in [0.25, 0.3) is 5.91 Å². The number of H-pyrrole nitrogens is 1. The molecule has 1 amide bonds. The topological polar surface area (TPSA) is 133 Å². The van der Waals surface area contributed by atoms with Crippen molar-refractivity contribution in [3.05, 3.63) is 84.2 Å². The van der Waals surface area contributed by atoms with Crippen molar-refractivity contribution in [3.63, 3.8) is 0 Å². The maximum absolute atomic E-state index is 12.7. The smallest absolute Gasteiger partial charge is 0.257 e. The van der Waals surface area contributed by atoms with Gasteiger partial charge >= 0.3 is 0 Å². The Bertz CT molecular complexity index is 1540. The van der Waals surface area contributed by atoms with E-state index in [1.54, 1.807) is 18.5 Å². The zero-order chi connectivity index (χ0) is 23.8. The van der Waals surface area contributed by atoms with Gasteiger partial charge < -0.3 is 15.6 Å². The van der Waals surface area contributed by atoms with Crippen LogP contribution in [0, 0.1) is 5.41 Å². The summed E-state index contributed by atoms with van der Waals surface area (Å²) in [6.07, 6.45) is 13.3. The molecule has 0 radical (unpaired) electrons. The van der Waals surface area contributed by atoms with Crippen LogP contribution in [0.4, 0.5) is 11.5 Å². The number of allylic oxidation sites excluding steroid dienone is 4. The number of fused-ring (bicyclic) bond motifs is 2. The van der Waals surface area contributed by atoms with Gasteiger partial charge in [0.2, 0.25) is 0 Å². The summed E-state index contributed by atoms with van der Waals surface area (Å²) in [5, 5.41) is 18.7. The van der Waals surface area contributed by atoms with Crippen LogP contribution in [0.5, 0.6) is 0 Å². The van der Waals surface area contributed by atoms with Gasteiger partial charge in [-0.15, -0.1) is 0 Å². The Balaban J connectivity index is 1.23. The number of anilines is 2. The van der Waals surface area contributed by atoms with Crippen LogP contribution in [-0.4, -0.2) is 37.3 Å². The Labute approximate surface area is 200 Å². The largest absolute Gasteiger partial charge is 0.360 e. The van der Waals surface area contributed by atoms with Crippen molar-refractivity contribution in [2.45, 2.75) is 13.3 Å². The molecular weight excluding hydrogens is 442 g/mol. The van der Waals surface area contributed by atoms with Gasteiger partial charge in [0.15, 0.2) is 5.82 Å². The molecule has 1 unspecified atom stereocenters. The number of nitrogens with one attached hydrogen (secondary N) is 4. The standard InChI is InChI=1S/C25H21N9O/c1-25-11-16(3-5-21(25)34-30-14-25)31-22-7-8-26-23(33-22)15-2-4-18-19(13-27-20(18)10-15)24(35)32-17-6-9-28-29-12-17/h2-10,12-14,27,34H,11H2,1H3,(H,26,31,33)(H,28,32,35). The highest BCUT2D eigenvalue weighted by atomic mass is 16.1. The van der Waals surface area contributed by atoms with E-state index in [1.807, 2.05) is 42.6 Å². The van der Waals surface area contributed by atoms with E-state index in [-0.39, 0.29) is 11.3 Å².